The molecule has 0 saturated carbocycles. The Bertz CT molecular complexity index is 1530. The minimum absolute atomic E-state index is 0.0347. The van der Waals surface area contributed by atoms with E-state index in [1.165, 1.54) is 28.9 Å². The van der Waals surface area contributed by atoms with Gasteiger partial charge in [0.25, 0.3) is 11.5 Å². The number of amides is 1. The van der Waals surface area contributed by atoms with E-state index in [0.29, 0.717) is 28.5 Å². The van der Waals surface area contributed by atoms with E-state index in [0.717, 1.165) is 41.8 Å². The van der Waals surface area contributed by atoms with Crippen molar-refractivity contribution in [3.8, 4) is 17.2 Å². The average molecular weight is 535 g/mol. The number of hydrazone groups is 1. The fourth-order valence-electron chi connectivity index (χ4n) is 4.31. The van der Waals surface area contributed by atoms with Crippen molar-refractivity contribution < 1.29 is 14.6 Å². The maximum absolute atomic E-state index is 13.7. The highest BCUT2D eigenvalue weighted by Gasteiger charge is 2.23. The standard InChI is InChI=1S/C27H26N4O4S2/c1-2-35-21-14-17(12-13-20(21)32)15-28-30-23(33)16-36-27-29-25-24(19-10-6-7-11-22(19)37-25)26(34)31(27)18-8-4-3-5-9-18/h3-5,8-9,12-15,32H,2,6-7,10-11,16H2,1H3,(H,30,33)/b28-15-. The van der Waals surface area contributed by atoms with Gasteiger partial charge in [-0.25, -0.2) is 10.4 Å². The number of aromatic hydroxyl groups is 1. The summed E-state index contributed by atoms with van der Waals surface area (Å²) in [6.45, 7) is 2.25. The largest absolute Gasteiger partial charge is 0.504 e. The summed E-state index contributed by atoms with van der Waals surface area (Å²) in [5.74, 6) is 0.0980. The third-order valence-corrected chi connectivity index (χ3v) is 8.12. The molecule has 10 heteroatoms. The van der Waals surface area contributed by atoms with Gasteiger partial charge in [-0.1, -0.05) is 30.0 Å². The Kier molecular flexibility index (Phi) is 7.57. The average Bonchev–Trinajstić information content (AvgIpc) is 3.29. The smallest absolute Gasteiger partial charge is 0.267 e. The summed E-state index contributed by atoms with van der Waals surface area (Å²) < 4.78 is 6.98. The van der Waals surface area contributed by atoms with Crippen LogP contribution in [-0.2, 0) is 17.6 Å². The van der Waals surface area contributed by atoms with Gasteiger partial charge in [-0.2, -0.15) is 5.10 Å². The first-order chi connectivity index (χ1) is 18.0. The van der Waals surface area contributed by atoms with Crippen LogP contribution in [-0.4, -0.2) is 39.1 Å². The molecule has 2 aromatic carbocycles. The molecule has 4 aromatic rings. The number of nitrogens with one attached hydrogen (secondary N) is 1. The van der Waals surface area contributed by atoms with E-state index in [2.05, 4.69) is 10.5 Å². The van der Waals surface area contributed by atoms with Crippen molar-refractivity contribution in [1.82, 2.24) is 15.0 Å². The number of aromatic nitrogens is 2. The molecule has 0 spiro atoms. The van der Waals surface area contributed by atoms with Crippen LogP contribution >= 0.6 is 23.1 Å². The Balaban J connectivity index is 1.36. The minimum atomic E-state index is -0.329. The fourth-order valence-corrected chi connectivity index (χ4v) is 6.42. The van der Waals surface area contributed by atoms with Crippen LogP contribution in [0.1, 0.15) is 35.8 Å². The summed E-state index contributed by atoms with van der Waals surface area (Å²) in [7, 11) is 0. The number of benzene rings is 2. The van der Waals surface area contributed by atoms with Crippen LogP contribution in [0.4, 0.5) is 0 Å². The van der Waals surface area contributed by atoms with Crippen molar-refractivity contribution in [3.63, 3.8) is 0 Å². The van der Waals surface area contributed by atoms with Gasteiger partial charge in [0.2, 0.25) is 0 Å². The summed E-state index contributed by atoms with van der Waals surface area (Å²) in [4.78, 5) is 33.1. The number of thioether (sulfide) groups is 1. The van der Waals surface area contributed by atoms with E-state index in [1.54, 1.807) is 28.0 Å². The number of aryl methyl sites for hydroxylation is 2. The Morgan fingerprint density at radius 2 is 2.05 bits per heavy atom. The first kappa shape index (κ1) is 25.0. The van der Waals surface area contributed by atoms with Gasteiger partial charge in [-0.3, -0.25) is 14.2 Å². The molecule has 1 aliphatic rings. The Labute approximate surface area is 222 Å². The monoisotopic (exact) mass is 534 g/mol. The number of hydrogen-bond donors (Lipinski definition) is 2. The van der Waals surface area contributed by atoms with E-state index in [4.69, 9.17) is 9.72 Å². The van der Waals surface area contributed by atoms with Crippen LogP contribution in [0, 0.1) is 0 Å². The molecule has 0 atom stereocenters. The van der Waals surface area contributed by atoms with Crippen LogP contribution in [0.2, 0.25) is 0 Å². The van der Waals surface area contributed by atoms with Crippen LogP contribution < -0.4 is 15.7 Å². The molecule has 0 bridgehead atoms. The molecule has 0 radical (unpaired) electrons. The summed E-state index contributed by atoms with van der Waals surface area (Å²) >= 11 is 2.80. The number of phenols is 1. The van der Waals surface area contributed by atoms with Crippen molar-refractivity contribution >= 4 is 45.4 Å². The lowest BCUT2D eigenvalue weighted by atomic mass is 9.97. The SMILES string of the molecule is CCOc1cc(/C=N\NC(=O)CSc2nc3sc4c(c3c(=O)n2-c2ccccc2)CCCC4)ccc1O. The van der Waals surface area contributed by atoms with Gasteiger partial charge in [0.05, 0.1) is 29.6 Å². The molecule has 0 saturated heterocycles. The first-order valence-electron chi connectivity index (χ1n) is 12.1. The summed E-state index contributed by atoms with van der Waals surface area (Å²) in [6.07, 6.45) is 5.58. The van der Waals surface area contributed by atoms with Gasteiger partial charge in [-0.05, 0) is 74.1 Å². The number of hydrogen-bond acceptors (Lipinski definition) is 8. The van der Waals surface area contributed by atoms with E-state index in [9.17, 15) is 14.7 Å². The van der Waals surface area contributed by atoms with Gasteiger partial charge in [-0.15, -0.1) is 11.3 Å². The highest BCUT2D eigenvalue weighted by Crippen LogP contribution is 2.35. The maximum atomic E-state index is 13.7. The van der Waals surface area contributed by atoms with Gasteiger partial charge in [0.1, 0.15) is 4.83 Å². The quantitative estimate of drug-likeness (QED) is 0.147. The summed E-state index contributed by atoms with van der Waals surface area (Å²) in [5.41, 5.74) is 4.95. The van der Waals surface area contributed by atoms with Crippen LogP contribution in [0.3, 0.4) is 0 Å². The molecule has 2 heterocycles. The second-order valence-electron chi connectivity index (χ2n) is 8.50. The van der Waals surface area contributed by atoms with Crippen molar-refractivity contribution in [1.29, 1.82) is 0 Å². The Morgan fingerprint density at radius 1 is 1.24 bits per heavy atom. The number of fused-ring (bicyclic) bond motifs is 3. The molecule has 0 fully saturated rings. The lowest BCUT2D eigenvalue weighted by Crippen LogP contribution is -2.24. The molecular weight excluding hydrogens is 508 g/mol. The van der Waals surface area contributed by atoms with Gasteiger partial charge >= 0.3 is 0 Å². The van der Waals surface area contributed by atoms with Crippen molar-refractivity contribution in [2.75, 3.05) is 12.4 Å². The van der Waals surface area contributed by atoms with Crippen molar-refractivity contribution in [2.24, 2.45) is 5.10 Å². The molecule has 1 aliphatic carbocycles. The lowest BCUT2D eigenvalue weighted by molar-refractivity contribution is -0.118. The topological polar surface area (TPSA) is 106 Å². The minimum Gasteiger partial charge on any atom is -0.504 e. The molecule has 0 unspecified atom stereocenters. The first-order valence-corrected chi connectivity index (χ1v) is 13.9. The molecule has 2 N–H and O–H groups in total. The molecular formula is C27H26N4O4S2. The zero-order chi connectivity index (χ0) is 25.8. The summed E-state index contributed by atoms with van der Waals surface area (Å²) in [6, 6.07) is 14.2. The Morgan fingerprint density at radius 3 is 2.86 bits per heavy atom. The van der Waals surface area contributed by atoms with E-state index in [1.807, 2.05) is 37.3 Å². The van der Waals surface area contributed by atoms with Crippen LogP contribution in [0.5, 0.6) is 11.5 Å². The summed E-state index contributed by atoms with van der Waals surface area (Å²) in [5, 5.41) is 15.0. The van der Waals surface area contributed by atoms with Gasteiger partial charge in [0, 0.05) is 4.88 Å². The molecule has 0 aliphatic heterocycles. The number of phenolic OH excluding ortho intramolecular Hbond substituents is 1. The third-order valence-electron chi connectivity index (χ3n) is 5.99. The fraction of sp³-hybridized carbons (Fsp3) is 0.259. The predicted molar refractivity (Wildman–Crippen MR) is 148 cm³/mol. The number of rotatable bonds is 8. The number of carbonyl (C=O) groups is 1. The third kappa shape index (κ3) is 5.40. The number of ether oxygens (including phenoxy) is 1. The van der Waals surface area contributed by atoms with Crippen molar-refractivity contribution in [3.05, 3.63) is 74.9 Å². The predicted octanol–water partition coefficient (Wildman–Crippen LogP) is 4.67. The lowest BCUT2D eigenvalue weighted by Gasteiger charge is -2.13. The normalized spacial score (nSPS) is 13.1. The van der Waals surface area contributed by atoms with E-state index >= 15 is 0 Å². The highest BCUT2D eigenvalue weighted by molar-refractivity contribution is 7.99. The van der Waals surface area contributed by atoms with Crippen molar-refractivity contribution in [2.45, 2.75) is 37.8 Å². The number of carbonyl (C=O) groups excluding carboxylic acids is 1. The van der Waals surface area contributed by atoms with Crippen LogP contribution in [0.15, 0.2) is 63.6 Å². The highest BCUT2D eigenvalue weighted by atomic mass is 32.2. The molecule has 1 amide bonds. The molecule has 2 aromatic heterocycles. The number of para-hydroxylation sites is 1. The molecule has 8 nitrogen and oxygen atoms in total. The maximum Gasteiger partial charge on any atom is 0.267 e. The van der Waals surface area contributed by atoms with E-state index < -0.39 is 0 Å². The Hall–Kier alpha value is -3.63. The van der Waals surface area contributed by atoms with E-state index in [-0.39, 0.29) is 23.0 Å². The van der Waals surface area contributed by atoms with Crippen LogP contribution in [0.25, 0.3) is 15.9 Å². The number of thiophene rings is 1. The van der Waals surface area contributed by atoms with Gasteiger partial charge < -0.3 is 9.84 Å². The zero-order valence-corrected chi connectivity index (χ0v) is 21.9. The molecule has 190 valence electrons. The second-order valence-corrected chi connectivity index (χ2v) is 10.5. The van der Waals surface area contributed by atoms with Gasteiger partial charge in [0.15, 0.2) is 16.7 Å². The molecule has 5 rings (SSSR count). The zero-order valence-electron chi connectivity index (χ0n) is 20.3. The number of nitrogens with zero attached hydrogens (tertiary/aromatic N) is 3. The molecule has 37 heavy (non-hydrogen) atoms. The second kappa shape index (κ2) is 11.2.